The first kappa shape index (κ1) is 17.8. The van der Waals surface area contributed by atoms with Crippen LogP contribution in [0.3, 0.4) is 0 Å². The number of rotatable bonds is 13. The van der Waals surface area contributed by atoms with Crippen LogP contribution in [0.4, 0.5) is 0 Å². The Morgan fingerprint density at radius 3 is 1.78 bits per heavy atom. The summed E-state index contributed by atoms with van der Waals surface area (Å²) in [4.78, 5) is 0. The Balaban J connectivity index is 3.38. The zero-order valence-corrected chi connectivity index (χ0v) is 12.1. The molecular formula is C13H29NO4. The third-order valence-electron chi connectivity index (χ3n) is 3.10. The van der Waals surface area contributed by atoms with Crippen molar-refractivity contribution < 1.29 is 18.9 Å². The molecule has 5 nitrogen and oxygen atoms in total. The maximum atomic E-state index is 5.81. The number of hydrogen-bond acceptors (Lipinski definition) is 5. The Hall–Kier alpha value is -0.200. The van der Waals surface area contributed by atoms with Gasteiger partial charge in [-0.05, 0) is 12.8 Å². The summed E-state index contributed by atoms with van der Waals surface area (Å²) in [5.74, 6) is 0. The SMILES string of the molecule is CCC(CC)(CN)OCCOCCOCCOC. The lowest BCUT2D eigenvalue weighted by atomic mass is 9.97. The van der Waals surface area contributed by atoms with E-state index >= 15 is 0 Å². The first-order valence-electron chi connectivity index (χ1n) is 6.73. The first-order valence-corrected chi connectivity index (χ1v) is 6.73. The lowest BCUT2D eigenvalue weighted by Crippen LogP contribution is -2.40. The molecule has 0 aromatic carbocycles. The van der Waals surface area contributed by atoms with E-state index in [1.54, 1.807) is 7.11 Å². The Bertz CT molecular complexity index is 166. The maximum absolute atomic E-state index is 5.81. The summed E-state index contributed by atoms with van der Waals surface area (Å²) in [7, 11) is 1.66. The van der Waals surface area contributed by atoms with Gasteiger partial charge in [0.05, 0.1) is 45.2 Å². The Labute approximate surface area is 111 Å². The van der Waals surface area contributed by atoms with Crippen LogP contribution >= 0.6 is 0 Å². The lowest BCUT2D eigenvalue weighted by molar-refractivity contribution is -0.0715. The van der Waals surface area contributed by atoms with Crippen molar-refractivity contribution in [2.24, 2.45) is 5.73 Å². The van der Waals surface area contributed by atoms with Crippen molar-refractivity contribution in [1.29, 1.82) is 0 Å². The molecule has 0 amide bonds. The molecule has 0 rings (SSSR count). The van der Waals surface area contributed by atoms with Gasteiger partial charge in [0, 0.05) is 13.7 Å². The van der Waals surface area contributed by atoms with Crippen LogP contribution in [0.2, 0.25) is 0 Å². The first-order chi connectivity index (χ1) is 8.74. The molecule has 0 aliphatic rings. The van der Waals surface area contributed by atoms with Crippen molar-refractivity contribution >= 4 is 0 Å². The van der Waals surface area contributed by atoms with Crippen LogP contribution in [-0.4, -0.2) is 58.9 Å². The quantitative estimate of drug-likeness (QED) is 0.506. The lowest BCUT2D eigenvalue weighted by Gasteiger charge is -2.30. The Kier molecular flexibility index (Phi) is 11.7. The minimum Gasteiger partial charge on any atom is -0.382 e. The molecule has 0 aromatic heterocycles. The molecule has 0 unspecified atom stereocenters. The van der Waals surface area contributed by atoms with E-state index in [1.807, 2.05) is 0 Å². The maximum Gasteiger partial charge on any atom is 0.0800 e. The van der Waals surface area contributed by atoms with Gasteiger partial charge in [-0.25, -0.2) is 0 Å². The standard InChI is InChI=1S/C13H29NO4/c1-4-13(5-2,12-14)18-11-10-17-9-8-16-7-6-15-3/h4-12,14H2,1-3H3. The Morgan fingerprint density at radius 2 is 1.33 bits per heavy atom. The van der Waals surface area contributed by atoms with Crippen molar-refractivity contribution in [3.8, 4) is 0 Å². The van der Waals surface area contributed by atoms with Crippen molar-refractivity contribution in [2.45, 2.75) is 32.3 Å². The third-order valence-corrected chi connectivity index (χ3v) is 3.10. The predicted octanol–water partition coefficient (Wildman–Crippen LogP) is 1.20. The van der Waals surface area contributed by atoms with E-state index in [1.165, 1.54) is 0 Å². The minimum atomic E-state index is -0.182. The number of nitrogens with two attached hydrogens (primary N) is 1. The van der Waals surface area contributed by atoms with Crippen molar-refractivity contribution in [2.75, 3.05) is 53.3 Å². The molecule has 0 saturated carbocycles. The van der Waals surface area contributed by atoms with Crippen LogP contribution in [0.5, 0.6) is 0 Å². The summed E-state index contributed by atoms with van der Waals surface area (Å²) in [6, 6.07) is 0. The van der Waals surface area contributed by atoms with Crippen LogP contribution in [0.1, 0.15) is 26.7 Å². The van der Waals surface area contributed by atoms with Gasteiger partial charge in [0.1, 0.15) is 0 Å². The van der Waals surface area contributed by atoms with Gasteiger partial charge in [-0.15, -0.1) is 0 Å². The average Bonchev–Trinajstić information content (AvgIpc) is 2.42. The van der Waals surface area contributed by atoms with Gasteiger partial charge in [-0.3, -0.25) is 0 Å². The topological polar surface area (TPSA) is 62.9 Å². The van der Waals surface area contributed by atoms with E-state index in [9.17, 15) is 0 Å². The smallest absolute Gasteiger partial charge is 0.0800 e. The van der Waals surface area contributed by atoms with Gasteiger partial charge in [0.2, 0.25) is 0 Å². The molecule has 0 aliphatic carbocycles. The second kappa shape index (κ2) is 11.9. The second-order valence-corrected chi connectivity index (χ2v) is 4.16. The molecule has 0 spiro atoms. The van der Waals surface area contributed by atoms with Crippen molar-refractivity contribution in [1.82, 2.24) is 0 Å². The van der Waals surface area contributed by atoms with E-state index < -0.39 is 0 Å². The minimum absolute atomic E-state index is 0.182. The molecule has 2 N–H and O–H groups in total. The van der Waals surface area contributed by atoms with Crippen LogP contribution in [-0.2, 0) is 18.9 Å². The fraction of sp³-hybridized carbons (Fsp3) is 1.00. The molecule has 0 radical (unpaired) electrons. The molecule has 0 aromatic rings. The number of ether oxygens (including phenoxy) is 4. The van der Waals surface area contributed by atoms with E-state index in [4.69, 9.17) is 24.7 Å². The molecule has 0 bridgehead atoms. The van der Waals surface area contributed by atoms with Gasteiger partial charge >= 0.3 is 0 Å². The summed E-state index contributed by atoms with van der Waals surface area (Å²) in [6.45, 7) is 8.32. The van der Waals surface area contributed by atoms with Gasteiger partial charge in [-0.2, -0.15) is 0 Å². The largest absolute Gasteiger partial charge is 0.382 e. The van der Waals surface area contributed by atoms with Gasteiger partial charge in [0.15, 0.2) is 0 Å². The molecule has 0 heterocycles. The zero-order valence-electron chi connectivity index (χ0n) is 12.1. The summed E-state index contributed by atoms with van der Waals surface area (Å²) < 4.78 is 21.4. The molecule has 0 atom stereocenters. The Morgan fingerprint density at radius 1 is 0.833 bits per heavy atom. The highest BCUT2D eigenvalue weighted by Crippen LogP contribution is 2.18. The van der Waals surface area contributed by atoms with Gasteiger partial charge < -0.3 is 24.7 Å². The molecule has 0 fully saturated rings. The number of methoxy groups -OCH3 is 1. The average molecular weight is 263 g/mol. The fourth-order valence-electron chi connectivity index (χ4n) is 1.58. The fourth-order valence-corrected chi connectivity index (χ4v) is 1.58. The molecular weight excluding hydrogens is 234 g/mol. The van der Waals surface area contributed by atoms with Crippen LogP contribution in [0.15, 0.2) is 0 Å². The van der Waals surface area contributed by atoms with E-state index in [2.05, 4.69) is 13.8 Å². The summed E-state index contributed by atoms with van der Waals surface area (Å²) in [5.41, 5.74) is 5.56. The number of hydrogen-bond donors (Lipinski definition) is 1. The summed E-state index contributed by atoms with van der Waals surface area (Å²) in [6.07, 6.45) is 1.86. The van der Waals surface area contributed by atoms with Crippen molar-refractivity contribution in [3.63, 3.8) is 0 Å². The van der Waals surface area contributed by atoms with Crippen LogP contribution in [0, 0.1) is 0 Å². The highest BCUT2D eigenvalue weighted by molar-refractivity contribution is 4.78. The van der Waals surface area contributed by atoms with E-state index in [-0.39, 0.29) is 5.60 Å². The van der Waals surface area contributed by atoms with Crippen LogP contribution < -0.4 is 5.73 Å². The van der Waals surface area contributed by atoms with E-state index in [0.717, 1.165) is 12.8 Å². The zero-order chi connectivity index (χ0) is 13.7. The van der Waals surface area contributed by atoms with Gasteiger partial charge in [0.25, 0.3) is 0 Å². The second-order valence-electron chi connectivity index (χ2n) is 4.16. The third kappa shape index (κ3) is 8.00. The van der Waals surface area contributed by atoms with E-state index in [0.29, 0.717) is 46.2 Å². The van der Waals surface area contributed by atoms with Gasteiger partial charge in [-0.1, -0.05) is 13.8 Å². The molecule has 18 heavy (non-hydrogen) atoms. The summed E-state index contributed by atoms with van der Waals surface area (Å²) >= 11 is 0. The molecule has 0 aliphatic heterocycles. The molecule has 5 heteroatoms. The summed E-state index contributed by atoms with van der Waals surface area (Å²) in [5, 5.41) is 0. The van der Waals surface area contributed by atoms with Crippen LogP contribution in [0.25, 0.3) is 0 Å². The van der Waals surface area contributed by atoms with Crippen molar-refractivity contribution in [3.05, 3.63) is 0 Å². The molecule has 0 saturated heterocycles. The predicted molar refractivity (Wildman–Crippen MR) is 71.8 cm³/mol. The monoisotopic (exact) mass is 263 g/mol. The molecule has 110 valence electrons. The highest BCUT2D eigenvalue weighted by Gasteiger charge is 2.24. The normalized spacial score (nSPS) is 12.0. The highest BCUT2D eigenvalue weighted by atomic mass is 16.6.